The van der Waals surface area contributed by atoms with Crippen molar-refractivity contribution in [2.75, 3.05) is 20.8 Å². The molecule has 78 valence electrons. The van der Waals surface area contributed by atoms with Crippen molar-refractivity contribution in [2.24, 2.45) is 0 Å². The molecular formula is C10H14F2N2. The zero-order valence-electron chi connectivity index (χ0n) is 8.35. The molecule has 0 atom stereocenters. The van der Waals surface area contributed by atoms with Gasteiger partial charge in [-0.15, -0.1) is 0 Å². The van der Waals surface area contributed by atoms with Gasteiger partial charge in [-0.05, 0) is 32.3 Å². The molecule has 0 unspecified atom stereocenters. The molecule has 0 radical (unpaired) electrons. The fourth-order valence-electron chi connectivity index (χ4n) is 1.28. The van der Waals surface area contributed by atoms with E-state index in [0.29, 0.717) is 18.8 Å². The quantitative estimate of drug-likeness (QED) is 0.742. The summed E-state index contributed by atoms with van der Waals surface area (Å²) >= 11 is 0. The second kappa shape index (κ2) is 5.02. The van der Waals surface area contributed by atoms with E-state index in [-0.39, 0.29) is 5.82 Å². The average molecular weight is 200 g/mol. The second-order valence-electron chi connectivity index (χ2n) is 3.26. The fraction of sp³-hybridized carbons (Fsp3) is 0.400. The van der Waals surface area contributed by atoms with Crippen LogP contribution in [0.4, 0.5) is 8.78 Å². The van der Waals surface area contributed by atoms with E-state index < -0.39 is 5.82 Å². The largest absolute Gasteiger partial charge is 0.307 e. The Hall–Kier alpha value is -1.00. The van der Waals surface area contributed by atoms with Crippen molar-refractivity contribution in [1.82, 2.24) is 10.2 Å². The maximum atomic E-state index is 13.2. The highest BCUT2D eigenvalue weighted by Crippen LogP contribution is 2.11. The van der Waals surface area contributed by atoms with Gasteiger partial charge in [0.25, 0.3) is 0 Å². The van der Waals surface area contributed by atoms with Gasteiger partial charge in [0.15, 0.2) is 0 Å². The van der Waals surface area contributed by atoms with Crippen molar-refractivity contribution in [3.8, 4) is 0 Å². The minimum atomic E-state index is -0.403. The number of nitrogens with one attached hydrogen (secondary N) is 1. The summed E-state index contributed by atoms with van der Waals surface area (Å²) in [6, 6.07) is 3.50. The molecular weight excluding hydrogens is 186 g/mol. The molecule has 1 aromatic carbocycles. The van der Waals surface area contributed by atoms with E-state index in [9.17, 15) is 8.78 Å². The molecule has 1 aromatic rings. The first kappa shape index (κ1) is 11.1. The number of benzene rings is 1. The van der Waals surface area contributed by atoms with Crippen molar-refractivity contribution in [2.45, 2.75) is 6.54 Å². The molecule has 2 nitrogen and oxygen atoms in total. The summed E-state index contributed by atoms with van der Waals surface area (Å²) in [7, 11) is 3.64. The van der Waals surface area contributed by atoms with Crippen LogP contribution in [0, 0.1) is 11.6 Å². The van der Waals surface area contributed by atoms with Gasteiger partial charge in [-0.2, -0.15) is 0 Å². The van der Waals surface area contributed by atoms with Gasteiger partial charge in [-0.3, -0.25) is 4.90 Å². The number of halogens is 2. The Balaban J connectivity index is 2.70. The van der Waals surface area contributed by atoms with Crippen LogP contribution in [0.25, 0.3) is 0 Å². The highest BCUT2D eigenvalue weighted by atomic mass is 19.1. The predicted molar refractivity (Wildman–Crippen MR) is 51.8 cm³/mol. The Morgan fingerprint density at radius 3 is 2.71 bits per heavy atom. The highest BCUT2D eigenvalue weighted by Gasteiger charge is 2.06. The van der Waals surface area contributed by atoms with Crippen molar-refractivity contribution in [3.05, 3.63) is 35.4 Å². The molecule has 0 aromatic heterocycles. The van der Waals surface area contributed by atoms with Crippen LogP contribution in [-0.2, 0) is 6.54 Å². The summed E-state index contributed by atoms with van der Waals surface area (Å²) in [6.45, 7) is 1.03. The van der Waals surface area contributed by atoms with E-state index >= 15 is 0 Å². The van der Waals surface area contributed by atoms with Crippen LogP contribution in [0.3, 0.4) is 0 Å². The molecule has 0 bridgehead atoms. The molecule has 0 aliphatic carbocycles. The second-order valence-corrected chi connectivity index (χ2v) is 3.26. The van der Waals surface area contributed by atoms with Crippen LogP contribution in [0.15, 0.2) is 18.2 Å². The molecule has 0 saturated heterocycles. The van der Waals surface area contributed by atoms with E-state index in [4.69, 9.17) is 0 Å². The lowest BCUT2D eigenvalue weighted by atomic mass is 10.2. The lowest BCUT2D eigenvalue weighted by Crippen LogP contribution is -2.28. The third-order valence-corrected chi connectivity index (χ3v) is 1.88. The number of hydrogen-bond acceptors (Lipinski definition) is 2. The van der Waals surface area contributed by atoms with Gasteiger partial charge >= 0.3 is 0 Å². The number of hydrogen-bond donors (Lipinski definition) is 1. The Kier molecular flexibility index (Phi) is 3.98. The molecule has 14 heavy (non-hydrogen) atoms. The number of nitrogens with zero attached hydrogens (tertiary/aromatic N) is 1. The van der Waals surface area contributed by atoms with Crippen molar-refractivity contribution < 1.29 is 8.78 Å². The lowest BCUT2D eigenvalue weighted by Gasteiger charge is -2.16. The fourth-order valence-corrected chi connectivity index (χ4v) is 1.28. The van der Waals surface area contributed by atoms with E-state index in [1.807, 2.05) is 11.9 Å². The Morgan fingerprint density at radius 1 is 1.36 bits per heavy atom. The van der Waals surface area contributed by atoms with Gasteiger partial charge in [0.2, 0.25) is 0 Å². The minimum absolute atomic E-state index is 0.366. The van der Waals surface area contributed by atoms with E-state index in [1.54, 1.807) is 7.05 Å². The summed E-state index contributed by atoms with van der Waals surface area (Å²) in [5, 5.41) is 2.93. The van der Waals surface area contributed by atoms with Gasteiger partial charge < -0.3 is 5.32 Å². The molecule has 0 amide bonds. The zero-order chi connectivity index (χ0) is 10.6. The van der Waals surface area contributed by atoms with Crippen LogP contribution in [0.1, 0.15) is 5.56 Å². The summed E-state index contributed by atoms with van der Waals surface area (Å²) in [6.07, 6.45) is 0. The monoisotopic (exact) mass is 200 g/mol. The average Bonchev–Trinajstić information content (AvgIpc) is 2.12. The Bertz CT molecular complexity index is 302. The molecule has 0 spiro atoms. The standard InChI is InChI=1S/C10H14F2N2/c1-13-7-14(2)6-8-5-9(11)3-4-10(8)12/h3-5,13H,6-7H2,1-2H3. The SMILES string of the molecule is CNCN(C)Cc1cc(F)ccc1F. The van der Waals surface area contributed by atoms with Gasteiger partial charge in [0, 0.05) is 18.8 Å². The molecule has 1 rings (SSSR count). The molecule has 0 aliphatic heterocycles. The molecule has 0 fully saturated rings. The third kappa shape index (κ3) is 3.05. The first-order chi connectivity index (χ1) is 6.63. The Morgan fingerprint density at radius 2 is 2.07 bits per heavy atom. The van der Waals surface area contributed by atoms with Gasteiger partial charge in [-0.1, -0.05) is 0 Å². The maximum Gasteiger partial charge on any atom is 0.127 e. The van der Waals surface area contributed by atoms with Crippen molar-refractivity contribution in [3.63, 3.8) is 0 Å². The van der Waals surface area contributed by atoms with E-state index in [2.05, 4.69) is 5.32 Å². The van der Waals surface area contributed by atoms with Crippen LogP contribution in [0.2, 0.25) is 0 Å². The molecule has 0 heterocycles. The predicted octanol–water partition coefficient (Wildman–Crippen LogP) is 1.57. The first-order valence-corrected chi connectivity index (χ1v) is 4.40. The summed E-state index contributed by atoms with van der Waals surface area (Å²) in [4.78, 5) is 1.86. The van der Waals surface area contributed by atoms with Crippen LogP contribution < -0.4 is 5.32 Å². The minimum Gasteiger partial charge on any atom is -0.307 e. The van der Waals surface area contributed by atoms with Gasteiger partial charge in [-0.25, -0.2) is 8.78 Å². The van der Waals surface area contributed by atoms with E-state index in [1.165, 1.54) is 6.07 Å². The van der Waals surface area contributed by atoms with Gasteiger partial charge in [0.1, 0.15) is 11.6 Å². The highest BCUT2D eigenvalue weighted by molar-refractivity contribution is 5.18. The molecule has 4 heteroatoms. The normalized spacial score (nSPS) is 10.9. The third-order valence-electron chi connectivity index (χ3n) is 1.88. The summed E-state index contributed by atoms with van der Waals surface area (Å²) in [5.74, 6) is -0.770. The Labute approximate surface area is 82.5 Å². The topological polar surface area (TPSA) is 15.3 Å². The maximum absolute atomic E-state index is 13.2. The molecule has 0 saturated carbocycles. The number of rotatable bonds is 4. The van der Waals surface area contributed by atoms with Crippen LogP contribution in [-0.4, -0.2) is 25.7 Å². The van der Waals surface area contributed by atoms with Crippen molar-refractivity contribution >= 4 is 0 Å². The summed E-state index contributed by atoms with van der Waals surface area (Å²) in [5.41, 5.74) is 0.378. The van der Waals surface area contributed by atoms with E-state index in [0.717, 1.165) is 12.1 Å². The zero-order valence-corrected chi connectivity index (χ0v) is 8.35. The molecule has 1 N–H and O–H groups in total. The van der Waals surface area contributed by atoms with Gasteiger partial charge in [0.05, 0.1) is 0 Å². The first-order valence-electron chi connectivity index (χ1n) is 4.40. The van der Waals surface area contributed by atoms with Crippen LogP contribution >= 0.6 is 0 Å². The smallest absolute Gasteiger partial charge is 0.127 e. The summed E-state index contributed by atoms with van der Waals surface area (Å²) < 4.78 is 25.9. The lowest BCUT2D eigenvalue weighted by molar-refractivity contribution is 0.304. The molecule has 0 aliphatic rings. The van der Waals surface area contributed by atoms with Crippen LogP contribution in [0.5, 0.6) is 0 Å². The van der Waals surface area contributed by atoms with Crippen molar-refractivity contribution in [1.29, 1.82) is 0 Å².